The molecule has 0 aliphatic carbocycles. The fourth-order valence-electron chi connectivity index (χ4n) is 2.84. The van der Waals surface area contributed by atoms with Crippen molar-refractivity contribution in [2.24, 2.45) is 5.41 Å². The molecule has 1 aromatic heterocycles. The average molecular weight is 354 g/mol. The third-order valence-corrected chi connectivity index (χ3v) is 6.30. The van der Waals surface area contributed by atoms with Gasteiger partial charge in [-0.2, -0.15) is 0 Å². The summed E-state index contributed by atoms with van der Waals surface area (Å²) in [6, 6.07) is 13.1. The molecule has 0 aliphatic heterocycles. The van der Waals surface area contributed by atoms with E-state index in [1.165, 1.54) is 0 Å². The predicted molar refractivity (Wildman–Crippen MR) is 105 cm³/mol. The standard InChI is InChI=1S/C21H22O3S/c1-4-21(3,5-2)19(22)13-24-14-10-11-18-16(12-14)20(23)15-8-6-7-9-17(15)25-18/h6-12H,4-5,13H2,1-3H3. The molecule has 3 nitrogen and oxygen atoms in total. The van der Waals surface area contributed by atoms with Gasteiger partial charge < -0.3 is 4.74 Å². The molecule has 0 fully saturated rings. The maximum Gasteiger partial charge on any atom is 0.196 e. The zero-order valence-corrected chi connectivity index (χ0v) is 15.6. The Morgan fingerprint density at radius 3 is 2.44 bits per heavy atom. The molecule has 0 N–H and O–H groups in total. The second kappa shape index (κ2) is 6.96. The van der Waals surface area contributed by atoms with E-state index in [1.54, 1.807) is 17.4 Å². The van der Waals surface area contributed by atoms with Crippen LogP contribution in [0.15, 0.2) is 47.3 Å². The average Bonchev–Trinajstić information content (AvgIpc) is 2.65. The summed E-state index contributed by atoms with van der Waals surface area (Å²) in [5.41, 5.74) is -0.341. The van der Waals surface area contributed by atoms with Gasteiger partial charge in [-0.1, -0.05) is 32.9 Å². The van der Waals surface area contributed by atoms with Gasteiger partial charge in [0.05, 0.1) is 0 Å². The molecule has 0 bridgehead atoms. The number of rotatable bonds is 6. The Morgan fingerprint density at radius 2 is 1.72 bits per heavy atom. The van der Waals surface area contributed by atoms with Gasteiger partial charge in [0, 0.05) is 25.6 Å². The molecule has 0 amide bonds. The fraction of sp³-hybridized carbons (Fsp3) is 0.333. The maximum atomic E-state index is 12.7. The highest BCUT2D eigenvalue weighted by molar-refractivity contribution is 7.24. The summed E-state index contributed by atoms with van der Waals surface area (Å²) in [5, 5.41) is 1.36. The van der Waals surface area contributed by atoms with E-state index in [9.17, 15) is 9.59 Å². The first-order valence-electron chi connectivity index (χ1n) is 8.60. The van der Waals surface area contributed by atoms with Gasteiger partial charge in [-0.3, -0.25) is 9.59 Å². The second-order valence-corrected chi connectivity index (χ2v) is 7.65. The highest BCUT2D eigenvalue weighted by Gasteiger charge is 2.29. The van der Waals surface area contributed by atoms with Crippen LogP contribution < -0.4 is 10.2 Å². The zero-order valence-electron chi connectivity index (χ0n) is 14.8. The van der Waals surface area contributed by atoms with E-state index in [0.717, 1.165) is 27.6 Å². The molecule has 0 radical (unpaired) electrons. The first-order valence-corrected chi connectivity index (χ1v) is 9.42. The zero-order chi connectivity index (χ0) is 18.0. The Hall–Kier alpha value is -2.20. The van der Waals surface area contributed by atoms with E-state index in [2.05, 4.69) is 0 Å². The molecule has 0 saturated carbocycles. The minimum atomic E-state index is -0.348. The summed E-state index contributed by atoms with van der Waals surface area (Å²) in [6.45, 7) is 6.05. The van der Waals surface area contributed by atoms with E-state index in [1.807, 2.05) is 57.2 Å². The number of ketones is 1. The van der Waals surface area contributed by atoms with Crippen molar-refractivity contribution in [2.75, 3.05) is 6.61 Å². The van der Waals surface area contributed by atoms with Crippen LogP contribution in [-0.4, -0.2) is 12.4 Å². The van der Waals surface area contributed by atoms with Crippen molar-refractivity contribution in [3.05, 3.63) is 52.7 Å². The fourth-order valence-corrected chi connectivity index (χ4v) is 3.89. The molecule has 3 aromatic rings. The van der Waals surface area contributed by atoms with Crippen LogP contribution in [0.25, 0.3) is 20.2 Å². The molecule has 0 unspecified atom stereocenters. The highest BCUT2D eigenvalue weighted by atomic mass is 32.1. The Bertz CT molecular complexity index is 983. The Balaban J connectivity index is 1.91. The van der Waals surface area contributed by atoms with Gasteiger partial charge in [0.25, 0.3) is 0 Å². The molecule has 0 saturated heterocycles. The van der Waals surface area contributed by atoms with Crippen molar-refractivity contribution in [2.45, 2.75) is 33.6 Å². The monoisotopic (exact) mass is 354 g/mol. The smallest absolute Gasteiger partial charge is 0.196 e. The number of ether oxygens (including phenoxy) is 1. The topological polar surface area (TPSA) is 43.4 Å². The Kier molecular flexibility index (Phi) is 4.91. The minimum Gasteiger partial charge on any atom is -0.486 e. The first kappa shape index (κ1) is 17.6. The quantitative estimate of drug-likeness (QED) is 0.572. The largest absolute Gasteiger partial charge is 0.486 e. The minimum absolute atomic E-state index is 0.00748. The van der Waals surface area contributed by atoms with Gasteiger partial charge in [0.2, 0.25) is 0 Å². The van der Waals surface area contributed by atoms with Crippen molar-refractivity contribution < 1.29 is 9.53 Å². The van der Waals surface area contributed by atoms with Crippen molar-refractivity contribution >= 4 is 37.3 Å². The van der Waals surface area contributed by atoms with E-state index >= 15 is 0 Å². The van der Waals surface area contributed by atoms with Crippen LogP contribution in [-0.2, 0) is 4.79 Å². The molecule has 25 heavy (non-hydrogen) atoms. The van der Waals surface area contributed by atoms with Crippen molar-refractivity contribution in [3.8, 4) is 5.75 Å². The lowest BCUT2D eigenvalue weighted by Crippen LogP contribution is -2.31. The third-order valence-electron chi connectivity index (χ3n) is 5.15. The molecule has 0 spiro atoms. The van der Waals surface area contributed by atoms with E-state index < -0.39 is 0 Å². The summed E-state index contributed by atoms with van der Waals surface area (Å²) < 4.78 is 7.61. The van der Waals surface area contributed by atoms with Crippen molar-refractivity contribution in [1.29, 1.82) is 0 Å². The summed E-state index contributed by atoms with van der Waals surface area (Å²) in [6.07, 6.45) is 1.59. The van der Waals surface area contributed by atoms with Gasteiger partial charge >= 0.3 is 0 Å². The molecule has 3 rings (SSSR count). The normalized spacial score (nSPS) is 11.8. The molecular weight excluding hydrogens is 332 g/mol. The van der Waals surface area contributed by atoms with Crippen LogP contribution in [0.2, 0.25) is 0 Å². The number of carbonyl (C=O) groups is 1. The van der Waals surface area contributed by atoms with Crippen LogP contribution in [0.5, 0.6) is 5.75 Å². The summed E-state index contributed by atoms with van der Waals surface area (Å²) in [7, 11) is 0. The number of benzene rings is 2. The highest BCUT2D eigenvalue weighted by Crippen LogP contribution is 2.29. The predicted octanol–water partition coefficient (Wildman–Crippen LogP) is 5.19. The van der Waals surface area contributed by atoms with E-state index in [0.29, 0.717) is 11.1 Å². The van der Waals surface area contributed by atoms with Crippen LogP contribution >= 0.6 is 11.3 Å². The van der Waals surface area contributed by atoms with Crippen LogP contribution in [0.1, 0.15) is 33.6 Å². The van der Waals surface area contributed by atoms with Gasteiger partial charge in [-0.25, -0.2) is 0 Å². The number of fused-ring (bicyclic) bond motifs is 2. The number of hydrogen-bond donors (Lipinski definition) is 0. The number of carbonyl (C=O) groups excluding carboxylic acids is 1. The summed E-state index contributed by atoms with van der Waals surface area (Å²) in [4.78, 5) is 25.1. The number of hydrogen-bond acceptors (Lipinski definition) is 4. The van der Waals surface area contributed by atoms with Gasteiger partial charge in [-0.05, 0) is 43.2 Å². The first-order chi connectivity index (χ1) is 12.0. The SMILES string of the molecule is CCC(C)(CC)C(=O)COc1ccc2sc3ccccc3c(=O)c2c1. The van der Waals surface area contributed by atoms with Gasteiger partial charge in [0.15, 0.2) is 11.2 Å². The second-order valence-electron chi connectivity index (χ2n) is 6.56. The van der Waals surface area contributed by atoms with Gasteiger partial charge in [-0.15, -0.1) is 11.3 Å². The lowest BCUT2D eigenvalue weighted by atomic mass is 9.81. The van der Waals surface area contributed by atoms with Crippen LogP contribution in [0.4, 0.5) is 0 Å². The van der Waals surface area contributed by atoms with Crippen LogP contribution in [0.3, 0.4) is 0 Å². The molecule has 130 valence electrons. The van der Waals surface area contributed by atoms with E-state index in [-0.39, 0.29) is 23.2 Å². The Morgan fingerprint density at radius 1 is 1.04 bits per heavy atom. The molecule has 1 heterocycles. The van der Waals surface area contributed by atoms with Gasteiger partial charge in [0.1, 0.15) is 12.4 Å². The molecule has 0 atom stereocenters. The molecule has 4 heteroatoms. The Labute approximate surface area is 151 Å². The van der Waals surface area contributed by atoms with E-state index in [4.69, 9.17) is 4.74 Å². The van der Waals surface area contributed by atoms with Crippen molar-refractivity contribution in [1.82, 2.24) is 0 Å². The van der Waals surface area contributed by atoms with Crippen LogP contribution in [0, 0.1) is 5.41 Å². The molecule has 0 aliphatic rings. The number of Topliss-reactive ketones (excluding diaryl/α,β-unsaturated/α-hetero) is 1. The maximum absolute atomic E-state index is 12.7. The lowest BCUT2D eigenvalue weighted by Gasteiger charge is -2.24. The molecular formula is C21H22O3S. The third kappa shape index (κ3) is 3.31. The molecule has 2 aromatic carbocycles. The summed E-state index contributed by atoms with van der Waals surface area (Å²) >= 11 is 1.59. The lowest BCUT2D eigenvalue weighted by molar-refractivity contribution is -0.130. The van der Waals surface area contributed by atoms with Crippen molar-refractivity contribution in [3.63, 3.8) is 0 Å². The summed E-state index contributed by atoms with van der Waals surface area (Å²) in [5.74, 6) is 0.663.